The maximum absolute atomic E-state index is 6.21. The molecule has 4 rings (SSSR count). The Balaban J connectivity index is 1.74. The summed E-state index contributed by atoms with van der Waals surface area (Å²) < 4.78 is 14.4. The standard InChI is InChI=1S/C21H24BN3O2/c1-20(2)21(3,4)27-22(26-20)16-10-8-9-15(13-16)17-11-6-7-12-18(17)19-24-23-14-25(19)5/h6-14H,1-5H3. The topological polar surface area (TPSA) is 49.2 Å². The van der Waals surface area contributed by atoms with E-state index in [0.29, 0.717) is 0 Å². The van der Waals surface area contributed by atoms with Crippen molar-refractivity contribution in [1.82, 2.24) is 14.8 Å². The summed E-state index contributed by atoms with van der Waals surface area (Å²) in [6.07, 6.45) is 1.72. The van der Waals surface area contributed by atoms with Gasteiger partial charge in [-0.1, -0.05) is 48.5 Å². The van der Waals surface area contributed by atoms with Crippen molar-refractivity contribution in [2.24, 2.45) is 7.05 Å². The third-order valence-corrected chi connectivity index (χ3v) is 5.60. The Morgan fingerprint density at radius 2 is 1.56 bits per heavy atom. The predicted octanol–water partition coefficient (Wildman–Crippen LogP) is 3.45. The van der Waals surface area contributed by atoms with E-state index in [2.05, 4.69) is 68.2 Å². The van der Waals surface area contributed by atoms with Crippen LogP contribution in [0.3, 0.4) is 0 Å². The first kappa shape index (κ1) is 18.0. The molecule has 2 aromatic carbocycles. The van der Waals surface area contributed by atoms with Gasteiger partial charge < -0.3 is 13.9 Å². The number of rotatable bonds is 3. The van der Waals surface area contributed by atoms with Crippen LogP contribution in [0.4, 0.5) is 0 Å². The van der Waals surface area contributed by atoms with Crippen LogP contribution in [-0.4, -0.2) is 33.1 Å². The van der Waals surface area contributed by atoms with Gasteiger partial charge in [0, 0.05) is 12.6 Å². The summed E-state index contributed by atoms with van der Waals surface area (Å²) in [5.74, 6) is 0.839. The number of aromatic nitrogens is 3. The quantitative estimate of drug-likeness (QED) is 0.671. The molecule has 0 unspecified atom stereocenters. The third-order valence-electron chi connectivity index (χ3n) is 5.60. The Hall–Kier alpha value is -2.44. The molecule has 5 nitrogen and oxygen atoms in total. The van der Waals surface area contributed by atoms with Crippen LogP contribution in [0.5, 0.6) is 0 Å². The number of nitrogens with zero attached hydrogens (tertiary/aromatic N) is 3. The van der Waals surface area contributed by atoms with Crippen LogP contribution in [0.15, 0.2) is 54.9 Å². The van der Waals surface area contributed by atoms with Crippen LogP contribution in [0.2, 0.25) is 0 Å². The molecule has 0 amide bonds. The first-order chi connectivity index (χ1) is 12.8. The summed E-state index contributed by atoms with van der Waals surface area (Å²) in [6.45, 7) is 8.28. The van der Waals surface area contributed by atoms with Crippen molar-refractivity contribution in [2.75, 3.05) is 0 Å². The first-order valence-electron chi connectivity index (χ1n) is 9.18. The van der Waals surface area contributed by atoms with Gasteiger partial charge in [0.2, 0.25) is 0 Å². The van der Waals surface area contributed by atoms with Crippen LogP contribution in [0.25, 0.3) is 22.5 Å². The van der Waals surface area contributed by atoms with Crippen LogP contribution in [0, 0.1) is 0 Å². The summed E-state index contributed by atoms with van der Waals surface area (Å²) in [5, 5.41) is 8.29. The molecule has 6 heteroatoms. The van der Waals surface area contributed by atoms with Gasteiger partial charge in [-0.05, 0) is 44.3 Å². The molecule has 138 valence electrons. The van der Waals surface area contributed by atoms with E-state index >= 15 is 0 Å². The largest absolute Gasteiger partial charge is 0.494 e. The molecule has 1 saturated heterocycles. The number of hydrogen-bond acceptors (Lipinski definition) is 4. The van der Waals surface area contributed by atoms with Gasteiger partial charge in [0.15, 0.2) is 5.82 Å². The summed E-state index contributed by atoms with van der Waals surface area (Å²) in [5.41, 5.74) is 3.55. The molecule has 1 aliphatic heterocycles. The van der Waals surface area contributed by atoms with E-state index in [4.69, 9.17) is 9.31 Å². The molecule has 27 heavy (non-hydrogen) atoms. The number of aryl methyl sites for hydroxylation is 1. The van der Waals surface area contributed by atoms with Crippen molar-refractivity contribution in [2.45, 2.75) is 38.9 Å². The molecule has 0 spiro atoms. The lowest BCUT2D eigenvalue weighted by Crippen LogP contribution is -2.41. The average Bonchev–Trinajstić information content (AvgIpc) is 3.15. The van der Waals surface area contributed by atoms with E-state index in [1.807, 2.05) is 29.8 Å². The first-order valence-corrected chi connectivity index (χ1v) is 9.18. The second kappa shape index (κ2) is 6.32. The van der Waals surface area contributed by atoms with E-state index < -0.39 is 0 Å². The van der Waals surface area contributed by atoms with Crippen LogP contribution in [0.1, 0.15) is 27.7 Å². The minimum atomic E-state index is -0.378. The van der Waals surface area contributed by atoms with Gasteiger partial charge in [-0.25, -0.2) is 0 Å². The van der Waals surface area contributed by atoms with Crippen LogP contribution >= 0.6 is 0 Å². The number of benzene rings is 2. The maximum atomic E-state index is 6.21. The summed E-state index contributed by atoms with van der Waals surface area (Å²) in [7, 11) is 1.57. The van der Waals surface area contributed by atoms with Gasteiger partial charge in [0.1, 0.15) is 6.33 Å². The molecule has 0 N–H and O–H groups in total. The summed E-state index contributed by atoms with van der Waals surface area (Å²) >= 11 is 0. The van der Waals surface area contributed by atoms with Crippen molar-refractivity contribution in [3.63, 3.8) is 0 Å². The summed E-state index contributed by atoms with van der Waals surface area (Å²) in [6, 6.07) is 16.6. The molecule has 1 aliphatic rings. The molecule has 0 bridgehead atoms. The Morgan fingerprint density at radius 1 is 0.889 bits per heavy atom. The minimum absolute atomic E-state index is 0.357. The smallest absolute Gasteiger partial charge is 0.399 e. The fourth-order valence-corrected chi connectivity index (χ4v) is 3.29. The highest BCUT2D eigenvalue weighted by Gasteiger charge is 2.51. The fourth-order valence-electron chi connectivity index (χ4n) is 3.29. The zero-order valence-electron chi connectivity index (χ0n) is 16.4. The van der Waals surface area contributed by atoms with Crippen molar-refractivity contribution < 1.29 is 9.31 Å². The van der Waals surface area contributed by atoms with Crippen molar-refractivity contribution in [3.05, 3.63) is 54.9 Å². The molecule has 0 aliphatic carbocycles. The van der Waals surface area contributed by atoms with Gasteiger partial charge in [0.25, 0.3) is 0 Å². The second-order valence-corrected chi connectivity index (χ2v) is 8.02. The van der Waals surface area contributed by atoms with Crippen LogP contribution < -0.4 is 5.46 Å². The van der Waals surface area contributed by atoms with E-state index in [1.54, 1.807) is 6.33 Å². The molecule has 0 atom stereocenters. The monoisotopic (exact) mass is 361 g/mol. The third kappa shape index (κ3) is 3.09. The number of hydrogen-bond donors (Lipinski definition) is 0. The lowest BCUT2D eigenvalue weighted by atomic mass is 9.77. The zero-order chi connectivity index (χ0) is 19.2. The second-order valence-electron chi connectivity index (χ2n) is 8.02. The van der Waals surface area contributed by atoms with Gasteiger partial charge in [0.05, 0.1) is 11.2 Å². The van der Waals surface area contributed by atoms with Crippen molar-refractivity contribution in [3.8, 4) is 22.5 Å². The Morgan fingerprint density at radius 3 is 2.19 bits per heavy atom. The predicted molar refractivity (Wildman–Crippen MR) is 108 cm³/mol. The Kier molecular flexibility index (Phi) is 4.20. The molecule has 2 heterocycles. The SMILES string of the molecule is Cn1cnnc1-c1ccccc1-c1cccc(B2OC(C)(C)C(C)(C)O2)c1. The highest BCUT2D eigenvalue weighted by atomic mass is 16.7. The molecular formula is C21H24BN3O2. The molecular weight excluding hydrogens is 337 g/mol. The molecule has 1 aromatic heterocycles. The average molecular weight is 361 g/mol. The summed E-state index contributed by atoms with van der Waals surface area (Å²) in [4.78, 5) is 0. The van der Waals surface area contributed by atoms with E-state index in [0.717, 1.165) is 28.0 Å². The van der Waals surface area contributed by atoms with Crippen LogP contribution in [-0.2, 0) is 16.4 Å². The van der Waals surface area contributed by atoms with E-state index in [-0.39, 0.29) is 18.3 Å². The minimum Gasteiger partial charge on any atom is -0.399 e. The lowest BCUT2D eigenvalue weighted by molar-refractivity contribution is 0.00578. The molecule has 0 radical (unpaired) electrons. The highest BCUT2D eigenvalue weighted by Crippen LogP contribution is 2.37. The van der Waals surface area contributed by atoms with Gasteiger partial charge in [-0.2, -0.15) is 0 Å². The van der Waals surface area contributed by atoms with Crippen molar-refractivity contribution >= 4 is 12.6 Å². The maximum Gasteiger partial charge on any atom is 0.494 e. The van der Waals surface area contributed by atoms with Gasteiger partial charge in [-0.3, -0.25) is 0 Å². The van der Waals surface area contributed by atoms with E-state index in [9.17, 15) is 0 Å². The van der Waals surface area contributed by atoms with Gasteiger partial charge >= 0.3 is 7.12 Å². The Labute approximate surface area is 160 Å². The van der Waals surface area contributed by atoms with E-state index in [1.165, 1.54) is 0 Å². The van der Waals surface area contributed by atoms with Crippen molar-refractivity contribution in [1.29, 1.82) is 0 Å². The zero-order valence-corrected chi connectivity index (χ0v) is 16.4. The molecule has 1 fully saturated rings. The molecule has 0 saturated carbocycles. The lowest BCUT2D eigenvalue weighted by Gasteiger charge is -2.32. The normalized spacial score (nSPS) is 18.0. The highest BCUT2D eigenvalue weighted by molar-refractivity contribution is 6.62. The van der Waals surface area contributed by atoms with Gasteiger partial charge in [-0.15, -0.1) is 10.2 Å². The fraction of sp³-hybridized carbons (Fsp3) is 0.333. The molecule has 3 aromatic rings. The Bertz CT molecular complexity index is 965.